The van der Waals surface area contributed by atoms with E-state index in [0.29, 0.717) is 39.9 Å². The summed E-state index contributed by atoms with van der Waals surface area (Å²) in [6.07, 6.45) is 1.75. The molecule has 2 heterocycles. The number of hydrogen-bond acceptors (Lipinski definition) is 7. The van der Waals surface area contributed by atoms with E-state index in [9.17, 15) is 19.6 Å². The average molecular weight is 444 g/mol. The highest BCUT2D eigenvalue weighted by Gasteiger charge is 2.19. The average Bonchev–Trinajstić information content (AvgIpc) is 3.13. The number of hydrogen-bond donors (Lipinski definition) is 5. The Morgan fingerprint density at radius 3 is 2.48 bits per heavy atom. The van der Waals surface area contributed by atoms with Crippen LogP contribution in [0.1, 0.15) is 26.4 Å². The van der Waals surface area contributed by atoms with E-state index in [-0.39, 0.29) is 11.5 Å². The third kappa shape index (κ3) is 4.40. The largest absolute Gasteiger partial charge is 0.488 e. The van der Waals surface area contributed by atoms with Gasteiger partial charge in [0.25, 0.3) is 5.91 Å². The molecule has 4 rings (SSSR count). The van der Waals surface area contributed by atoms with Crippen LogP contribution in [0.3, 0.4) is 0 Å². The lowest BCUT2D eigenvalue weighted by Gasteiger charge is -2.11. The molecular weight excluding hydrogens is 423 g/mol. The van der Waals surface area contributed by atoms with E-state index in [2.05, 4.69) is 15.3 Å². The van der Waals surface area contributed by atoms with Crippen LogP contribution in [0.4, 0.5) is 5.82 Å². The zero-order chi connectivity index (χ0) is 23.7. The van der Waals surface area contributed by atoms with Gasteiger partial charge in [-0.15, -0.1) is 0 Å². The van der Waals surface area contributed by atoms with Crippen molar-refractivity contribution in [3.05, 3.63) is 71.5 Å². The second kappa shape index (κ2) is 8.73. The smallest absolute Gasteiger partial charge is 0.423 e. The SMILES string of the molecule is Cn1cc2c(C(N)=O)cccc2c1-c1nc(NCc2cccc(B(O)O)c2)cc(C(N)=O)n1. The predicted octanol–water partition coefficient (Wildman–Crippen LogP) is 0.125. The van der Waals surface area contributed by atoms with Crippen LogP contribution in [0, 0.1) is 0 Å². The number of benzene rings is 2. The van der Waals surface area contributed by atoms with Crippen molar-refractivity contribution in [2.24, 2.45) is 18.5 Å². The molecule has 0 aliphatic carbocycles. The Balaban J connectivity index is 1.76. The summed E-state index contributed by atoms with van der Waals surface area (Å²) in [5, 5.41) is 23.2. The maximum atomic E-state index is 11.9. The normalized spacial score (nSPS) is 10.9. The predicted molar refractivity (Wildman–Crippen MR) is 125 cm³/mol. The van der Waals surface area contributed by atoms with Crippen LogP contribution in [-0.4, -0.2) is 43.5 Å². The quantitative estimate of drug-likeness (QED) is 0.252. The fraction of sp³-hybridized carbons (Fsp3) is 0.0909. The van der Waals surface area contributed by atoms with Crippen molar-refractivity contribution < 1.29 is 19.6 Å². The Kier molecular flexibility index (Phi) is 5.82. The maximum Gasteiger partial charge on any atom is 0.488 e. The fourth-order valence-corrected chi connectivity index (χ4v) is 3.68. The number of anilines is 1. The molecule has 0 radical (unpaired) electrons. The number of aromatic nitrogens is 3. The number of nitrogens with two attached hydrogens (primary N) is 2. The maximum absolute atomic E-state index is 11.9. The Morgan fingerprint density at radius 2 is 1.79 bits per heavy atom. The third-order valence-corrected chi connectivity index (χ3v) is 5.22. The molecule has 0 aliphatic heterocycles. The van der Waals surface area contributed by atoms with Crippen molar-refractivity contribution in [2.75, 3.05) is 5.32 Å². The Bertz CT molecular complexity index is 1380. The van der Waals surface area contributed by atoms with Gasteiger partial charge in [-0.1, -0.05) is 36.4 Å². The van der Waals surface area contributed by atoms with E-state index in [0.717, 1.165) is 5.56 Å². The zero-order valence-corrected chi connectivity index (χ0v) is 17.7. The zero-order valence-electron chi connectivity index (χ0n) is 17.7. The summed E-state index contributed by atoms with van der Waals surface area (Å²) < 4.78 is 1.76. The first-order valence-corrected chi connectivity index (χ1v) is 10.0. The van der Waals surface area contributed by atoms with Crippen molar-refractivity contribution in [3.8, 4) is 11.5 Å². The van der Waals surface area contributed by atoms with Gasteiger partial charge in [0.2, 0.25) is 5.91 Å². The topological polar surface area (TPSA) is 169 Å². The summed E-state index contributed by atoms with van der Waals surface area (Å²) in [5.74, 6) is -0.679. The molecule has 2 amide bonds. The van der Waals surface area contributed by atoms with Crippen LogP contribution in [0.15, 0.2) is 54.7 Å². The van der Waals surface area contributed by atoms with Gasteiger partial charge in [0.05, 0.1) is 5.69 Å². The second-order valence-electron chi connectivity index (χ2n) is 7.52. The van der Waals surface area contributed by atoms with Gasteiger partial charge in [0.1, 0.15) is 11.5 Å². The molecule has 2 aromatic carbocycles. The molecule has 0 aliphatic rings. The van der Waals surface area contributed by atoms with E-state index in [4.69, 9.17) is 11.5 Å². The molecule has 166 valence electrons. The number of rotatable bonds is 7. The number of nitrogens with zero attached hydrogens (tertiary/aromatic N) is 3. The first-order chi connectivity index (χ1) is 15.7. The first-order valence-electron chi connectivity index (χ1n) is 10.0. The molecule has 4 aromatic rings. The molecular formula is C22H21BN6O4. The monoisotopic (exact) mass is 444 g/mol. The lowest BCUT2D eigenvalue weighted by molar-refractivity contribution is 0.0989. The molecule has 0 saturated carbocycles. The van der Waals surface area contributed by atoms with E-state index in [1.54, 1.807) is 48.1 Å². The standard InChI is InChI=1S/C22H21BN6O4/c1-29-11-16-14(6-3-7-15(16)20(24)30)19(29)22-27-17(21(25)31)9-18(28-22)26-10-12-4-2-5-13(8-12)23(32)33/h2-9,11,32-33H,10H2,1H3,(H2,24,30)(H2,25,31)(H,26,27,28). The summed E-state index contributed by atoms with van der Waals surface area (Å²) in [6.45, 7) is 0.301. The fourth-order valence-electron chi connectivity index (χ4n) is 3.68. The lowest BCUT2D eigenvalue weighted by atomic mass is 9.80. The molecule has 0 unspecified atom stereocenters. The van der Waals surface area contributed by atoms with Gasteiger partial charge in [-0.25, -0.2) is 9.97 Å². The number of carbonyl (C=O) groups excluding carboxylic acids is 2. The summed E-state index contributed by atoms with van der Waals surface area (Å²) in [7, 11) is 0.201. The first kappa shape index (κ1) is 22.0. The van der Waals surface area contributed by atoms with E-state index in [1.165, 1.54) is 6.07 Å². The van der Waals surface area contributed by atoms with Crippen LogP contribution in [0.25, 0.3) is 22.3 Å². The van der Waals surface area contributed by atoms with Gasteiger partial charge in [0, 0.05) is 42.2 Å². The number of amides is 2. The van der Waals surface area contributed by atoms with E-state index >= 15 is 0 Å². The van der Waals surface area contributed by atoms with Crippen molar-refractivity contribution in [1.29, 1.82) is 0 Å². The van der Waals surface area contributed by atoms with E-state index < -0.39 is 18.9 Å². The van der Waals surface area contributed by atoms with Gasteiger partial charge in [-0.05, 0) is 17.1 Å². The molecule has 0 saturated heterocycles. The number of carbonyl (C=O) groups is 2. The highest BCUT2D eigenvalue weighted by atomic mass is 16.4. The van der Waals surface area contributed by atoms with Crippen molar-refractivity contribution >= 4 is 41.0 Å². The molecule has 33 heavy (non-hydrogen) atoms. The number of aryl methyl sites for hydroxylation is 1. The minimum atomic E-state index is -1.58. The molecule has 11 heteroatoms. The van der Waals surface area contributed by atoms with Crippen LogP contribution in [0.2, 0.25) is 0 Å². The second-order valence-corrected chi connectivity index (χ2v) is 7.52. The molecule has 0 bridgehead atoms. The molecule has 0 atom stereocenters. The summed E-state index contributed by atoms with van der Waals surface area (Å²) in [6, 6.07) is 13.4. The summed E-state index contributed by atoms with van der Waals surface area (Å²) >= 11 is 0. The third-order valence-electron chi connectivity index (χ3n) is 5.22. The van der Waals surface area contributed by atoms with Crippen LogP contribution in [0.5, 0.6) is 0 Å². The van der Waals surface area contributed by atoms with Crippen molar-refractivity contribution in [3.63, 3.8) is 0 Å². The molecule has 2 aromatic heterocycles. The molecule has 7 N–H and O–H groups in total. The summed E-state index contributed by atoms with van der Waals surface area (Å²) in [4.78, 5) is 32.7. The van der Waals surface area contributed by atoms with E-state index in [1.807, 2.05) is 12.1 Å². The minimum absolute atomic E-state index is 0.0161. The van der Waals surface area contributed by atoms with Gasteiger partial charge in [-0.3, -0.25) is 9.59 Å². The van der Waals surface area contributed by atoms with Crippen molar-refractivity contribution in [1.82, 2.24) is 14.5 Å². The molecule has 0 fully saturated rings. The highest BCUT2D eigenvalue weighted by Crippen LogP contribution is 2.31. The van der Waals surface area contributed by atoms with Gasteiger partial charge < -0.3 is 31.4 Å². The molecule has 10 nitrogen and oxygen atoms in total. The van der Waals surface area contributed by atoms with Gasteiger partial charge >= 0.3 is 7.12 Å². The lowest BCUT2D eigenvalue weighted by Crippen LogP contribution is -2.30. The number of primary amides is 2. The van der Waals surface area contributed by atoms with Gasteiger partial charge in [-0.2, -0.15) is 0 Å². The van der Waals surface area contributed by atoms with Crippen molar-refractivity contribution in [2.45, 2.75) is 6.54 Å². The number of nitrogens with one attached hydrogen (secondary N) is 1. The van der Waals surface area contributed by atoms with Crippen LogP contribution in [-0.2, 0) is 13.6 Å². The molecule has 0 spiro atoms. The van der Waals surface area contributed by atoms with Crippen LogP contribution >= 0.6 is 0 Å². The highest BCUT2D eigenvalue weighted by molar-refractivity contribution is 6.58. The Morgan fingerprint density at radius 1 is 1.03 bits per heavy atom. The van der Waals surface area contributed by atoms with Crippen LogP contribution < -0.4 is 22.2 Å². The Labute approximate surface area is 189 Å². The summed E-state index contributed by atoms with van der Waals surface area (Å²) in [5.41, 5.74) is 13.1. The minimum Gasteiger partial charge on any atom is -0.423 e. The van der Waals surface area contributed by atoms with Gasteiger partial charge in [0.15, 0.2) is 5.82 Å². The Hall–Kier alpha value is -4.22. The number of fused-ring (bicyclic) bond motifs is 1.